The molecule has 1 saturated carbocycles. The molecule has 0 bridgehead atoms. The van der Waals surface area contributed by atoms with Crippen LogP contribution < -0.4 is 14.2 Å². The number of fused-ring (bicyclic) bond motifs is 3. The fourth-order valence-corrected chi connectivity index (χ4v) is 5.81. The Kier molecular flexibility index (Phi) is 5.70. The number of esters is 1. The molecular formula is C28H28O6. The van der Waals surface area contributed by atoms with Crippen LogP contribution in [-0.4, -0.2) is 38.0 Å². The first kappa shape index (κ1) is 22.3. The van der Waals surface area contributed by atoms with E-state index in [4.69, 9.17) is 18.9 Å². The summed E-state index contributed by atoms with van der Waals surface area (Å²) in [6.07, 6.45) is -1.05. The normalized spacial score (nSPS) is 26.8. The first-order valence-electron chi connectivity index (χ1n) is 11.5. The molecule has 0 unspecified atom stereocenters. The highest BCUT2D eigenvalue weighted by Crippen LogP contribution is 2.68. The van der Waals surface area contributed by atoms with E-state index < -0.39 is 35.4 Å². The van der Waals surface area contributed by atoms with E-state index in [1.165, 1.54) is 0 Å². The molecule has 1 fully saturated rings. The summed E-state index contributed by atoms with van der Waals surface area (Å²) in [4.78, 5) is 13.3. The molecule has 0 spiro atoms. The zero-order chi connectivity index (χ0) is 23.9. The van der Waals surface area contributed by atoms with Gasteiger partial charge < -0.3 is 24.1 Å². The first-order chi connectivity index (χ1) is 16.6. The third kappa shape index (κ3) is 3.16. The Morgan fingerprint density at radius 3 is 2.32 bits per heavy atom. The van der Waals surface area contributed by atoms with Gasteiger partial charge in [-0.25, -0.2) is 0 Å². The van der Waals surface area contributed by atoms with E-state index in [9.17, 15) is 9.90 Å². The summed E-state index contributed by atoms with van der Waals surface area (Å²) in [5.41, 5.74) is 1.45. The number of rotatable bonds is 6. The Balaban J connectivity index is 1.80. The van der Waals surface area contributed by atoms with Crippen LogP contribution in [0.4, 0.5) is 0 Å². The number of hydrogen-bond acceptors (Lipinski definition) is 6. The molecule has 6 heteroatoms. The maximum atomic E-state index is 13.3. The van der Waals surface area contributed by atoms with Crippen LogP contribution in [0.25, 0.3) is 0 Å². The predicted octanol–water partition coefficient (Wildman–Crippen LogP) is 4.41. The molecule has 2 aliphatic rings. The Morgan fingerprint density at radius 2 is 1.68 bits per heavy atom. The van der Waals surface area contributed by atoms with E-state index in [-0.39, 0.29) is 6.61 Å². The summed E-state index contributed by atoms with van der Waals surface area (Å²) in [6.45, 7) is 2.00. The average Bonchev–Trinajstić information content (AvgIpc) is 3.35. The lowest BCUT2D eigenvalue weighted by molar-refractivity contribution is -0.152. The molecule has 5 atom stereocenters. The van der Waals surface area contributed by atoms with Crippen molar-refractivity contribution in [2.75, 3.05) is 20.8 Å². The molecule has 0 amide bonds. The van der Waals surface area contributed by atoms with Gasteiger partial charge in [0.05, 0.1) is 38.8 Å². The van der Waals surface area contributed by atoms with Gasteiger partial charge in [-0.3, -0.25) is 4.79 Å². The summed E-state index contributed by atoms with van der Waals surface area (Å²) in [5, 5.41) is 11.8. The summed E-state index contributed by atoms with van der Waals surface area (Å²) < 4.78 is 23.4. The zero-order valence-electron chi connectivity index (χ0n) is 19.4. The molecule has 3 aromatic rings. The molecular weight excluding hydrogens is 432 g/mol. The van der Waals surface area contributed by atoms with Gasteiger partial charge in [-0.15, -0.1) is 0 Å². The van der Waals surface area contributed by atoms with Crippen molar-refractivity contribution in [1.29, 1.82) is 0 Å². The van der Waals surface area contributed by atoms with E-state index >= 15 is 0 Å². The fraction of sp³-hybridized carbons (Fsp3) is 0.321. The molecule has 0 saturated heterocycles. The summed E-state index contributed by atoms with van der Waals surface area (Å²) in [7, 11) is 3.22. The van der Waals surface area contributed by atoms with E-state index in [1.807, 2.05) is 72.8 Å². The molecule has 5 rings (SSSR count). The lowest BCUT2D eigenvalue weighted by Gasteiger charge is -2.37. The zero-order valence-corrected chi connectivity index (χ0v) is 19.4. The SMILES string of the molecule is CCOC(=O)[C@H]1[C@H](O)[C@H]2c3c(OC)cccc3O[C@@]2(c2ccc(OC)cc2)[C@@H]1c1ccccc1. The number of carbonyl (C=O) groups excluding carboxylic acids is 1. The van der Waals surface area contributed by atoms with Gasteiger partial charge in [0.1, 0.15) is 17.2 Å². The summed E-state index contributed by atoms with van der Waals surface area (Å²) in [5.74, 6) is -0.346. The van der Waals surface area contributed by atoms with Crippen molar-refractivity contribution in [3.05, 3.63) is 89.5 Å². The maximum Gasteiger partial charge on any atom is 0.312 e. The van der Waals surface area contributed by atoms with Crippen LogP contribution in [0.2, 0.25) is 0 Å². The van der Waals surface area contributed by atoms with E-state index in [2.05, 4.69) is 0 Å². The Hall–Kier alpha value is -3.51. The molecule has 1 N–H and O–H groups in total. The highest BCUT2D eigenvalue weighted by atomic mass is 16.5. The minimum absolute atomic E-state index is 0.227. The average molecular weight is 461 g/mol. The van der Waals surface area contributed by atoms with Crippen LogP contribution in [0.5, 0.6) is 17.2 Å². The molecule has 34 heavy (non-hydrogen) atoms. The number of carbonyl (C=O) groups is 1. The smallest absolute Gasteiger partial charge is 0.312 e. The van der Waals surface area contributed by atoms with Crippen LogP contribution in [0.1, 0.15) is 35.4 Å². The summed E-state index contributed by atoms with van der Waals surface area (Å²) >= 11 is 0. The van der Waals surface area contributed by atoms with Crippen LogP contribution in [0, 0.1) is 5.92 Å². The maximum absolute atomic E-state index is 13.3. The van der Waals surface area contributed by atoms with Crippen molar-refractivity contribution in [2.45, 2.75) is 30.5 Å². The minimum Gasteiger partial charge on any atom is -0.497 e. The highest BCUT2D eigenvalue weighted by molar-refractivity contribution is 5.77. The van der Waals surface area contributed by atoms with Crippen LogP contribution in [0.15, 0.2) is 72.8 Å². The first-order valence-corrected chi connectivity index (χ1v) is 11.5. The van der Waals surface area contributed by atoms with Crippen molar-refractivity contribution >= 4 is 5.97 Å². The van der Waals surface area contributed by atoms with E-state index in [0.29, 0.717) is 17.2 Å². The molecule has 3 aromatic carbocycles. The lowest BCUT2D eigenvalue weighted by atomic mass is 9.73. The quantitative estimate of drug-likeness (QED) is 0.549. The third-order valence-electron chi connectivity index (χ3n) is 7.09. The fourth-order valence-electron chi connectivity index (χ4n) is 5.81. The van der Waals surface area contributed by atoms with Crippen molar-refractivity contribution in [3.63, 3.8) is 0 Å². The number of ether oxygens (including phenoxy) is 4. The minimum atomic E-state index is -1.05. The van der Waals surface area contributed by atoms with Crippen molar-refractivity contribution < 1.29 is 28.8 Å². The molecule has 0 aromatic heterocycles. The largest absolute Gasteiger partial charge is 0.497 e. The third-order valence-corrected chi connectivity index (χ3v) is 7.09. The number of aliphatic hydroxyl groups is 1. The van der Waals surface area contributed by atoms with E-state index in [1.54, 1.807) is 21.1 Å². The van der Waals surface area contributed by atoms with Crippen LogP contribution in [-0.2, 0) is 15.1 Å². The van der Waals surface area contributed by atoms with Gasteiger partial charge in [-0.2, -0.15) is 0 Å². The molecule has 1 aliphatic heterocycles. The molecule has 1 aliphatic carbocycles. The summed E-state index contributed by atoms with van der Waals surface area (Å²) in [6, 6.07) is 23.0. The van der Waals surface area contributed by atoms with Crippen LogP contribution >= 0.6 is 0 Å². The Morgan fingerprint density at radius 1 is 0.941 bits per heavy atom. The lowest BCUT2D eigenvalue weighted by Crippen LogP contribution is -2.39. The van der Waals surface area contributed by atoms with Crippen molar-refractivity contribution in [1.82, 2.24) is 0 Å². The van der Waals surface area contributed by atoms with Gasteiger partial charge in [0.25, 0.3) is 0 Å². The van der Waals surface area contributed by atoms with E-state index in [0.717, 1.165) is 16.7 Å². The second-order valence-electron chi connectivity index (χ2n) is 8.63. The molecule has 1 heterocycles. The Labute approximate surface area is 199 Å². The van der Waals surface area contributed by atoms with Gasteiger partial charge in [0, 0.05) is 11.5 Å². The van der Waals surface area contributed by atoms with Gasteiger partial charge in [0.2, 0.25) is 0 Å². The number of aliphatic hydroxyl groups excluding tert-OH is 1. The molecule has 6 nitrogen and oxygen atoms in total. The Bertz CT molecular complexity index is 1180. The molecule has 0 radical (unpaired) electrons. The number of methoxy groups -OCH3 is 2. The highest BCUT2D eigenvalue weighted by Gasteiger charge is 2.69. The predicted molar refractivity (Wildman–Crippen MR) is 126 cm³/mol. The van der Waals surface area contributed by atoms with Gasteiger partial charge in [-0.05, 0) is 42.3 Å². The second kappa shape index (κ2) is 8.69. The standard InChI is InChI=1S/C28H28O6/c1-4-33-27(30)23-24(17-9-6-5-7-10-17)28(18-13-15-19(31-2)16-14-18)25(26(23)29)22-20(32-3)11-8-12-21(22)34-28/h5-16,23-26,29H,4H2,1-3H3/t23-,24-,25-,26+,28+/m1/s1. The topological polar surface area (TPSA) is 74.2 Å². The van der Waals surface area contributed by atoms with Gasteiger partial charge in [0.15, 0.2) is 5.60 Å². The molecule has 176 valence electrons. The van der Waals surface area contributed by atoms with Gasteiger partial charge >= 0.3 is 5.97 Å². The monoisotopic (exact) mass is 460 g/mol. The van der Waals surface area contributed by atoms with Crippen LogP contribution in [0.3, 0.4) is 0 Å². The van der Waals surface area contributed by atoms with Crippen molar-refractivity contribution in [2.24, 2.45) is 5.92 Å². The van der Waals surface area contributed by atoms with Gasteiger partial charge in [-0.1, -0.05) is 48.5 Å². The number of hydrogen-bond donors (Lipinski definition) is 1. The second-order valence-corrected chi connectivity index (χ2v) is 8.63. The van der Waals surface area contributed by atoms with Crippen molar-refractivity contribution in [3.8, 4) is 17.2 Å². The number of benzene rings is 3.